The Labute approximate surface area is 129 Å². The number of carboxylic acids is 1. The third kappa shape index (κ3) is 8.04. The van der Waals surface area contributed by atoms with Gasteiger partial charge in [-0.05, 0) is 37.0 Å². The van der Waals surface area contributed by atoms with E-state index in [4.69, 9.17) is 5.11 Å². The van der Waals surface area contributed by atoms with Gasteiger partial charge in [0.05, 0.1) is 0 Å². The highest BCUT2D eigenvalue weighted by molar-refractivity contribution is 5.88. The van der Waals surface area contributed by atoms with Gasteiger partial charge < -0.3 is 15.7 Å². The number of rotatable bonds is 9. The Morgan fingerprint density at radius 2 is 1.68 bits per heavy atom. The van der Waals surface area contributed by atoms with Crippen molar-refractivity contribution in [1.82, 2.24) is 5.32 Å². The van der Waals surface area contributed by atoms with Crippen molar-refractivity contribution in [2.75, 3.05) is 11.9 Å². The van der Waals surface area contributed by atoms with E-state index < -0.39 is 5.97 Å². The summed E-state index contributed by atoms with van der Waals surface area (Å²) in [5, 5.41) is 14.0. The minimum atomic E-state index is -0.830. The summed E-state index contributed by atoms with van der Waals surface area (Å²) in [7, 11) is 0. The maximum absolute atomic E-state index is 11.5. The van der Waals surface area contributed by atoms with Crippen molar-refractivity contribution in [3.63, 3.8) is 0 Å². The number of unbranched alkanes of at least 4 members (excludes halogenated alkanes) is 1. The molecule has 0 aliphatic heterocycles. The van der Waals surface area contributed by atoms with Crippen molar-refractivity contribution >= 4 is 23.5 Å². The molecule has 6 nitrogen and oxygen atoms in total. The molecule has 0 atom stereocenters. The van der Waals surface area contributed by atoms with Gasteiger partial charge in [0.2, 0.25) is 11.8 Å². The van der Waals surface area contributed by atoms with E-state index in [1.807, 2.05) is 24.3 Å². The van der Waals surface area contributed by atoms with Crippen LogP contribution in [0.4, 0.5) is 5.69 Å². The van der Waals surface area contributed by atoms with Crippen LogP contribution in [-0.2, 0) is 20.8 Å². The van der Waals surface area contributed by atoms with Crippen LogP contribution in [-0.4, -0.2) is 29.4 Å². The number of anilines is 1. The average Bonchev–Trinajstić information content (AvgIpc) is 2.45. The van der Waals surface area contributed by atoms with E-state index in [0.29, 0.717) is 32.2 Å². The first-order valence-electron chi connectivity index (χ1n) is 7.32. The van der Waals surface area contributed by atoms with E-state index in [1.165, 1.54) is 6.92 Å². The second kappa shape index (κ2) is 9.55. The lowest BCUT2D eigenvalue weighted by Gasteiger charge is -2.06. The van der Waals surface area contributed by atoms with Crippen LogP contribution < -0.4 is 10.6 Å². The molecule has 2 amide bonds. The van der Waals surface area contributed by atoms with Gasteiger partial charge in [-0.1, -0.05) is 12.1 Å². The summed E-state index contributed by atoms with van der Waals surface area (Å²) in [5.74, 6) is -0.994. The molecule has 0 heterocycles. The Balaban J connectivity index is 2.19. The van der Waals surface area contributed by atoms with E-state index in [9.17, 15) is 14.4 Å². The fourth-order valence-corrected chi connectivity index (χ4v) is 1.95. The van der Waals surface area contributed by atoms with Crippen LogP contribution in [0.5, 0.6) is 0 Å². The fraction of sp³-hybridized carbons (Fsp3) is 0.438. The van der Waals surface area contributed by atoms with E-state index in [2.05, 4.69) is 10.6 Å². The average molecular weight is 306 g/mol. The summed E-state index contributed by atoms with van der Waals surface area (Å²) in [4.78, 5) is 32.8. The Hall–Kier alpha value is -2.37. The third-order valence-electron chi connectivity index (χ3n) is 3.05. The second-order valence-corrected chi connectivity index (χ2v) is 5.08. The highest BCUT2D eigenvalue weighted by atomic mass is 16.4. The van der Waals surface area contributed by atoms with Crippen molar-refractivity contribution in [2.45, 2.75) is 39.0 Å². The molecule has 0 radical (unpaired) electrons. The van der Waals surface area contributed by atoms with Crippen molar-refractivity contribution in [2.24, 2.45) is 0 Å². The predicted molar refractivity (Wildman–Crippen MR) is 83.6 cm³/mol. The highest BCUT2D eigenvalue weighted by Crippen LogP contribution is 2.09. The smallest absolute Gasteiger partial charge is 0.303 e. The standard InChI is InChI=1S/C16H22N2O4/c1-12(19)18-14-8-6-13(7-9-14)10-11-17-15(20)4-2-3-5-16(21)22/h6-9H,2-5,10-11H2,1H3,(H,17,20)(H,18,19)(H,21,22). The van der Waals surface area contributed by atoms with Crippen LogP contribution >= 0.6 is 0 Å². The van der Waals surface area contributed by atoms with Gasteiger partial charge in [-0.25, -0.2) is 0 Å². The number of hydrogen-bond donors (Lipinski definition) is 3. The molecule has 0 aromatic heterocycles. The molecule has 120 valence electrons. The van der Waals surface area contributed by atoms with Crippen molar-refractivity contribution in [3.05, 3.63) is 29.8 Å². The lowest BCUT2D eigenvalue weighted by Crippen LogP contribution is -2.25. The summed E-state index contributed by atoms with van der Waals surface area (Å²) in [5.41, 5.74) is 1.82. The summed E-state index contributed by atoms with van der Waals surface area (Å²) in [6.07, 6.45) is 2.28. The first-order valence-corrected chi connectivity index (χ1v) is 7.32. The van der Waals surface area contributed by atoms with Crippen LogP contribution in [0.2, 0.25) is 0 Å². The van der Waals surface area contributed by atoms with Gasteiger partial charge in [-0.15, -0.1) is 0 Å². The van der Waals surface area contributed by atoms with Gasteiger partial charge in [0, 0.05) is 32.0 Å². The van der Waals surface area contributed by atoms with Crippen LogP contribution in [0, 0.1) is 0 Å². The van der Waals surface area contributed by atoms with Crippen molar-refractivity contribution in [3.8, 4) is 0 Å². The lowest BCUT2D eigenvalue weighted by molar-refractivity contribution is -0.137. The molecule has 0 saturated carbocycles. The predicted octanol–water partition coefficient (Wildman–Crippen LogP) is 1.95. The molecule has 0 unspecified atom stereocenters. The molecule has 1 aromatic rings. The second-order valence-electron chi connectivity index (χ2n) is 5.08. The van der Waals surface area contributed by atoms with E-state index >= 15 is 0 Å². The number of nitrogens with one attached hydrogen (secondary N) is 2. The van der Waals surface area contributed by atoms with Crippen LogP contribution in [0.1, 0.15) is 38.2 Å². The van der Waals surface area contributed by atoms with Gasteiger partial charge in [0.1, 0.15) is 0 Å². The lowest BCUT2D eigenvalue weighted by atomic mass is 10.1. The zero-order valence-electron chi connectivity index (χ0n) is 12.7. The molecule has 0 aliphatic carbocycles. The van der Waals surface area contributed by atoms with Gasteiger partial charge in [0.25, 0.3) is 0 Å². The number of carboxylic acid groups (broad SMARTS) is 1. The van der Waals surface area contributed by atoms with Crippen LogP contribution in [0.15, 0.2) is 24.3 Å². The summed E-state index contributed by atoms with van der Waals surface area (Å²) < 4.78 is 0. The van der Waals surface area contributed by atoms with E-state index in [1.54, 1.807) is 0 Å². The topological polar surface area (TPSA) is 95.5 Å². The number of benzene rings is 1. The number of hydrogen-bond acceptors (Lipinski definition) is 3. The van der Waals surface area contributed by atoms with Gasteiger partial charge in [-0.2, -0.15) is 0 Å². The SMILES string of the molecule is CC(=O)Nc1ccc(CCNC(=O)CCCCC(=O)O)cc1. The Bertz CT molecular complexity index is 511. The maximum Gasteiger partial charge on any atom is 0.303 e. The van der Waals surface area contributed by atoms with Gasteiger partial charge in [0.15, 0.2) is 0 Å². The zero-order valence-corrected chi connectivity index (χ0v) is 12.7. The molecule has 6 heteroatoms. The Kier molecular flexibility index (Phi) is 7.67. The Morgan fingerprint density at radius 3 is 2.27 bits per heavy atom. The molecule has 1 aromatic carbocycles. The van der Waals surface area contributed by atoms with Crippen LogP contribution in [0.25, 0.3) is 0 Å². The molecule has 3 N–H and O–H groups in total. The minimum absolute atomic E-state index is 0.0553. The number of amides is 2. The molecule has 0 aliphatic rings. The van der Waals surface area contributed by atoms with E-state index in [-0.39, 0.29) is 18.2 Å². The van der Waals surface area contributed by atoms with Crippen LogP contribution in [0.3, 0.4) is 0 Å². The number of carbonyl (C=O) groups is 3. The molecule has 0 spiro atoms. The summed E-state index contributed by atoms with van der Waals surface area (Å²) in [6.45, 7) is 2.00. The third-order valence-corrected chi connectivity index (χ3v) is 3.05. The summed E-state index contributed by atoms with van der Waals surface area (Å²) in [6, 6.07) is 7.46. The van der Waals surface area contributed by atoms with E-state index in [0.717, 1.165) is 11.3 Å². The quantitative estimate of drug-likeness (QED) is 0.608. The first kappa shape index (κ1) is 17.7. The fourth-order valence-electron chi connectivity index (χ4n) is 1.95. The molecule has 0 saturated heterocycles. The summed E-state index contributed by atoms with van der Waals surface area (Å²) >= 11 is 0. The molecular formula is C16H22N2O4. The van der Waals surface area contributed by atoms with Crippen molar-refractivity contribution in [1.29, 1.82) is 0 Å². The maximum atomic E-state index is 11.5. The highest BCUT2D eigenvalue weighted by Gasteiger charge is 2.03. The largest absolute Gasteiger partial charge is 0.481 e. The zero-order chi connectivity index (χ0) is 16.4. The number of aliphatic carboxylic acids is 1. The molecule has 0 fully saturated rings. The van der Waals surface area contributed by atoms with Gasteiger partial charge in [-0.3, -0.25) is 14.4 Å². The number of carbonyl (C=O) groups excluding carboxylic acids is 2. The Morgan fingerprint density at radius 1 is 1.05 bits per heavy atom. The first-order chi connectivity index (χ1) is 10.5. The molecule has 0 bridgehead atoms. The van der Waals surface area contributed by atoms with Gasteiger partial charge >= 0.3 is 5.97 Å². The monoisotopic (exact) mass is 306 g/mol. The minimum Gasteiger partial charge on any atom is -0.481 e. The normalized spacial score (nSPS) is 10.0. The van der Waals surface area contributed by atoms with Crippen molar-refractivity contribution < 1.29 is 19.5 Å². The molecule has 22 heavy (non-hydrogen) atoms. The molecular weight excluding hydrogens is 284 g/mol. The molecule has 1 rings (SSSR count).